The van der Waals surface area contributed by atoms with Crippen LogP contribution in [0.1, 0.15) is 106 Å². The van der Waals surface area contributed by atoms with E-state index in [4.69, 9.17) is 56.7 Å². The van der Waals surface area contributed by atoms with Crippen LogP contribution in [0.25, 0.3) is 0 Å². The van der Waals surface area contributed by atoms with E-state index < -0.39 is 204 Å². The molecule has 0 aromatic rings. The number of fused-ring (bicyclic) bond motifs is 4. The lowest BCUT2D eigenvalue weighted by Crippen LogP contribution is -2.67. The minimum atomic E-state index is -5.25. The van der Waals surface area contributed by atoms with Crippen LogP contribution in [0.15, 0.2) is 23.8 Å². The number of carbonyl (C=O) groups excluding carboxylic acids is 2. The van der Waals surface area contributed by atoms with Gasteiger partial charge in [-0.05, 0) is 94.3 Å². The Bertz CT molecular complexity index is 2790. The van der Waals surface area contributed by atoms with E-state index in [1.807, 2.05) is 13.8 Å². The van der Waals surface area contributed by atoms with E-state index in [1.165, 1.54) is 12.5 Å². The van der Waals surface area contributed by atoms with Crippen molar-refractivity contribution in [2.45, 2.75) is 241 Å². The van der Waals surface area contributed by atoms with E-state index in [0.717, 1.165) is 25.5 Å². The highest BCUT2D eigenvalue weighted by molar-refractivity contribution is 7.81. The predicted molar refractivity (Wildman–Crippen MR) is 294 cm³/mol. The molecule has 11 N–H and O–H groups in total. The van der Waals surface area contributed by atoms with Crippen molar-refractivity contribution in [2.75, 3.05) is 33.5 Å². The fourth-order valence-electron chi connectivity index (χ4n) is 16.7. The number of allylic oxidation sites excluding steroid dienone is 3. The van der Waals surface area contributed by atoms with Crippen molar-refractivity contribution < 1.29 is 142 Å². The van der Waals surface area contributed by atoms with Gasteiger partial charge in [0.15, 0.2) is 25.2 Å². The normalized spacial score (nSPS) is 47.6. The van der Waals surface area contributed by atoms with Gasteiger partial charge in [-0.2, -0.15) is 16.8 Å². The van der Waals surface area contributed by atoms with Gasteiger partial charge in [0.1, 0.15) is 103 Å². The number of cyclic esters (lactones) is 1. The molecular formula is C56H88O30S2. The van der Waals surface area contributed by atoms with Crippen molar-refractivity contribution in [2.24, 2.45) is 39.4 Å². The Morgan fingerprint density at radius 1 is 0.705 bits per heavy atom. The maximum Gasteiger partial charge on any atom is 0.397 e. The number of aliphatic hydroxyl groups excluding tert-OH is 9. The Balaban J connectivity index is 0.905. The second-order valence-electron chi connectivity index (χ2n) is 26.6. The van der Waals surface area contributed by atoms with Crippen LogP contribution in [0.5, 0.6) is 0 Å². The summed E-state index contributed by atoms with van der Waals surface area (Å²) in [6.45, 7) is 14.3. The first kappa shape index (κ1) is 69.8. The molecule has 0 radical (unpaired) electrons. The van der Waals surface area contributed by atoms with Crippen molar-refractivity contribution in [3.63, 3.8) is 0 Å². The third kappa shape index (κ3) is 12.9. The van der Waals surface area contributed by atoms with Crippen LogP contribution in [0.2, 0.25) is 0 Å². The molecule has 504 valence electrons. The zero-order valence-electron chi connectivity index (χ0n) is 50.3. The number of hydrogen-bond donors (Lipinski definition) is 11. The Kier molecular flexibility index (Phi) is 20.6. The highest BCUT2D eigenvalue weighted by Gasteiger charge is 2.79. The summed E-state index contributed by atoms with van der Waals surface area (Å²) in [5.41, 5.74) is -1.23. The Morgan fingerprint density at radius 3 is 1.85 bits per heavy atom. The molecule has 5 saturated heterocycles. The third-order valence-corrected chi connectivity index (χ3v) is 21.7. The van der Waals surface area contributed by atoms with E-state index in [-0.39, 0.29) is 29.1 Å². The van der Waals surface area contributed by atoms with Crippen molar-refractivity contribution in [3.8, 4) is 0 Å². The molecule has 0 aromatic heterocycles. The molecule has 32 heteroatoms. The zero-order valence-corrected chi connectivity index (χ0v) is 52.0. The summed E-state index contributed by atoms with van der Waals surface area (Å²) in [4.78, 5) is 27.4. The lowest BCUT2D eigenvalue weighted by Gasteiger charge is -2.63. The molecule has 5 aliphatic heterocycles. The molecule has 9 aliphatic rings. The van der Waals surface area contributed by atoms with E-state index in [2.05, 4.69) is 48.7 Å². The molecule has 8 fully saturated rings. The second-order valence-corrected chi connectivity index (χ2v) is 28.8. The third-order valence-electron chi connectivity index (χ3n) is 20.9. The molecular weight excluding hydrogens is 1220 g/mol. The summed E-state index contributed by atoms with van der Waals surface area (Å²) in [5, 5.41) is 102. The van der Waals surface area contributed by atoms with Crippen LogP contribution in [0.4, 0.5) is 0 Å². The molecule has 3 saturated carbocycles. The Morgan fingerprint density at radius 2 is 1.27 bits per heavy atom. The molecule has 0 aromatic carbocycles. The molecule has 88 heavy (non-hydrogen) atoms. The molecule has 0 bridgehead atoms. The molecule has 1 spiro atoms. The van der Waals surface area contributed by atoms with Gasteiger partial charge in [-0.1, -0.05) is 44.9 Å². The second kappa shape index (κ2) is 26.0. The summed E-state index contributed by atoms with van der Waals surface area (Å²) in [6.07, 6.45) is -29.7. The maximum absolute atomic E-state index is 14.7. The van der Waals surface area contributed by atoms with Crippen LogP contribution in [-0.2, 0) is 90.9 Å². The monoisotopic (exact) mass is 1300 g/mol. The SMILES string of the molecule is C=C(C)CCC[C@]1(C)OC(=O)[C@]23CC[C@@H]4C(=CC[C@H]5C(C)(C)[C@@H](O[C@@H]6OC[C@@H](O)[C@H](O)[C@H]6O[C@@H]6O[C@H](CO)[C@@H](O[C@@H]7O[C@H](COS(=O)(=O)O)[C@@H](O)[C@H](O[C@@H]8O[C@H](COS(=O)(=O)O)[C@@H](O)[C@H](OC)[C@H]8O)[C@H]7O)[C@H](O)[C@H]6O)CC[C@]45C)[C@]2(C)C[C@H](OC(C)=O)[C@@H]31. The molecule has 4 aliphatic carbocycles. The van der Waals surface area contributed by atoms with Gasteiger partial charge in [-0.15, -0.1) is 6.58 Å². The molecule has 9 rings (SSSR count). The summed E-state index contributed by atoms with van der Waals surface area (Å²) >= 11 is 0. The number of hydrogen-bond acceptors (Lipinski definition) is 28. The predicted octanol–water partition coefficient (Wildman–Crippen LogP) is -1.22. The highest BCUT2D eigenvalue weighted by Crippen LogP contribution is 2.77. The summed E-state index contributed by atoms with van der Waals surface area (Å²) in [6, 6.07) is 0. The lowest BCUT2D eigenvalue weighted by atomic mass is 9.41. The van der Waals surface area contributed by atoms with Crippen LogP contribution in [-0.4, -0.2) is 252 Å². The fourth-order valence-corrected chi connectivity index (χ4v) is 17.3. The maximum atomic E-state index is 14.7. The van der Waals surface area contributed by atoms with E-state index in [9.17, 15) is 76.9 Å². The number of carbonyl (C=O) groups is 2. The molecule has 0 unspecified atom stereocenters. The fraction of sp³-hybridized carbons (Fsp3) is 0.893. The molecule has 5 heterocycles. The average molecular weight is 1310 g/mol. The minimum absolute atomic E-state index is 0.0200. The summed E-state index contributed by atoms with van der Waals surface area (Å²) < 4.78 is 139. The van der Waals surface area contributed by atoms with Crippen LogP contribution in [0.3, 0.4) is 0 Å². The Labute approximate surface area is 510 Å². The summed E-state index contributed by atoms with van der Waals surface area (Å²) in [5.74, 6) is -1.03. The van der Waals surface area contributed by atoms with Gasteiger partial charge in [-0.25, -0.2) is 8.37 Å². The zero-order chi connectivity index (χ0) is 64.8. The van der Waals surface area contributed by atoms with Crippen molar-refractivity contribution in [1.82, 2.24) is 0 Å². The average Bonchev–Trinajstić information content (AvgIpc) is 1.45. The van der Waals surface area contributed by atoms with Crippen LogP contribution < -0.4 is 0 Å². The smallest absolute Gasteiger partial charge is 0.397 e. The molecule has 30 nitrogen and oxygen atoms in total. The topological polar surface area (TPSA) is 445 Å². The van der Waals surface area contributed by atoms with Gasteiger partial charge in [-0.3, -0.25) is 18.7 Å². The first-order valence-electron chi connectivity index (χ1n) is 29.7. The van der Waals surface area contributed by atoms with Gasteiger partial charge in [0.2, 0.25) is 0 Å². The molecule has 28 atom stereocenters. The van der Waals surface area contributed by atoms with Crippen LogP contribution >= 0.6 is 0 Å². The minimum Gasteiger partial charge on any atom is -0.462 e. The van der Waals surface area contributed by atoms with E-state index >= 15 is 0 Å². The first-order chi connectivity index (χ1) is 41.0. The summed E-state index contributed by atoms with van der Waals surface area (Å²) in [7, 11) is -9.34. The Hall–Kier alpha value is -2.56. The quantitative estimate of drug-likeness (QED) is 0.0364. The standard InChI is InChI=1S/C56H88O30S2/c1-24(2)11-10-16-55(8)46-29(78-25(3)58)19-54(7)27-12-13-33-52(4,5)34(15-17-53(33,6)26(27)14-18-56(46,54)51(67)86-55)82-50-45(35(60)28(59)21-75-50)85-47-39(64)38(63)42(30(20-57)79-47)83-49-41(66)44(37(62)32(81-49)23-77-88(71,72)73)84-48-40(65)43(74-9)36(61)31(80-48)22-76-87(68,69)70/h12,26,28-50,57,59-66H,1,10-11,13-23H2,2-9H3,(H,68,69,70)(H,71,72,73)/t26-,28-,29+,30-,31-,32-,33+,34+,35+,36-,37-,38-,39-,40-,41-,42-,43+,44+,45-,46-,47+,48+,49+,50+,53-,54+,55+,56-/m1/s1. The van der Waals surface area contributed by atoms with Crippen molar-refractivity contribution >= 4 is 32.7 Å². The van der Waals surface area contributed by atoms with Crippen LogP contribution in [0, 0.1) is 39.4 Å². The first-order valence-corrected chi connectivity index (χ1v) is 32.5. The largest absolute Gasteiger partial charge is 0.462 e. The van der Waals surface area contributed by atoms with Gasteiger partial charge in [0, 0.05) is 19.4 Å². The number of rotatable bonds is 21. The van der Waals surface area contributed by atoms with Gasteiger partial charge >= 0.3 is 32.7 Å². The van der Waals surface area contributed by atoms with Gasteiger partial charge in [0.25, 0.3) is 0 Å². The van der Waals surface area contributed by atoms with Crippen molar-refractivity contribution in [1.29, 1.82) is 0 Å². The van der Waals surface area contributed by atoms with Gasteiger partial charge < -0.3 is 98.1 Å². The number of esters is 2. The van der Waals surface area contributed by atoms with E-state index in [0.29, 0.717) is 44.9 Å². The highest BCUT2D eigenvalue weighted by atomic mass is 32.3. The number of methoxy groups -OCH3 is 1. The number of aliphatic hydroxyl groups is 9. The number of ether oxygens (including phenoxy) is 11. The molecule has 0 amide bonds. The lowest BCUT2D eigenvalue weighted by molar-refractivity contribution is -0.391. The van der Waals surface area contributed by atoms with Gasteiger partial charge in [0.05, 0.1) is 43.9 Å². The van der Waals surface area contributed by atoms with E-state index in [1.54, 1.807) is 0 Å². The van der Waals surface area contributed by atoms with Crippen molar-refractivity contribution in [3.05, 3.63) is 23.8 Å².